The molecule has 0 amide bonds. The molecule has 2 aromatic heterocycles. The van der Waals surface area contributed by atoms with E-state index in [0.717, 1.165) is 37.8 Å². The summed E-state index contributed by atoms with van der Waals surface area (Å²) in [6.45, 7) is 3.31. The summed E-state index contributed by atoms with van der Waals surface area (Å²) < 4.78 is 45.5. The van der Waals surface area contributed by atoms with Crippen LogP contribution in [0.2, 0.25) is 0 Å². The van der Waals surface area contributed by atoms with Crippen LogP contribution in [0.4, 0.5) is 13.2 Å². The fourth-order valence-corrected chi connectivity index (χ4v) is 3.48. The molecule has 0 radical (unpaired) electrons. The Labute approximate surface area is 149 Å². The Kier molecular flexibility index (Phi) is 4.29. The Hall–Kier alpha value is -1.90. The second kappa shape index (κ2) is 6.37. The van der Waals surface area contributed by atoms with Crippen molar-refractivity contribution in [2.24, 2.45) is 5.92 Å². The summed E-state index contributed by atoms with van der Waals surface area (Å²) in [5.74, 6) is 2.63. The third-order valence-corrected chi connectivity index (χ3v) is 5.35. The topological polar surface area (TPSA) is 60.0 Å². The molecule has 0 spiro atoms. The zero-order chi connectivity index (χ0) is 18.5. The first-order valence-electron chi connectivity index (χ1n) is 8.98. The van der Waals surface area contributed by atoms with Gasteiger partial charge in [0.1, 0.15) is 5.82 Å². The van der Waals surface area contributed by atoms with E-state index in [1.54, 1.807) is 4.57 Å². The van der Waals surface area contributed by atoms with Crippen molar-refractivity contribution in [3.8, 4) is 0 Å². The van der Waals surface area contributed by atoms with Gasteiger partial charge in [-0.1, -0.05) is 5.16 Å². The molecule has 6 nitrogen and oxygen atoms in total. The first kappa shape index (κ1) is 17.5. The normalized spacial score (nSPS) is 21.8. The number of fused-ring (bicyclic) bond motifs is 1. The Bertz CT molecular complexity index is 780. The van der Waals surface area contributed by atoms with Crippen LogP contribution >= 0.6 is 0 Å². The maximum Gasteiger partial charge on any atom is 0.434 e. The van der Waals surface area contributed by atoms with E-state index < -0.39 is 11.9 Å². The van der Waals surface area contributed by atoms with Crippen molar-refractivity contribution in [1.29, 1.82) is 0 Å². The summed E-state index contributed by atoms with van der Waals surface area (Å²) in [5, 5.41) is 4.05. The number of aromatic nitrogens is 4. The summed E-state index contributed by atoms with van der Waals surface area (Å²) in [4.78, 5) is 10.4. The van der Waals surface area contributed by atoms with Gasteiger partial charge >= 0.3 is 6.18 Å². The molecule has 1 aliphatic carbocycles. The van der Waals surface area contributed by atoms with Gasteiger partial charge in [0.2, 0.25) is 5.89 Å². The maximum atomic E-state index is 12.8. The zero-order valence-electron chi connectivity index (χ0n) is 14.8. The SMILES string of the molecule is C[C@@H](c1nc(C2CC2)no1)N(C)C[C@@H]1CCc2nc(C(F)(F)F)cn2C1. The van der Waals surface area contributed by atoms with Crippen LogP contribution < -0.4 is 0 Å². The standard InChI is InChI=1S/C17H22F3N5O/c1-10(16-22-15(23-26-16)12-4-5-12)24(2)7-11-3-6-14-21-13(17(18,19)20)9-25(14)8-11/h9-12H,3-8H2,1-2H3/t10-,11-/m0/s1. The highest BCUT2D eigenvalue weighted by Crippen LogP contribution is 2.38. The Balaban J connectivity index is 1.38. The number of hydrogen-bond acceptors (Lipinski definition) is 5. The minimum Gasteiger partial charge on any atom is -0.338 e. The van der Waals surface area contributed by atoms with Gasteiger partial charge in [-0.05, 0) is 39.2 Å². The van der Waals surface area contributed by atoms with E-state index in [9.17, 15) is 13.2 Å². The molecule has 2 aliphatic rings. The lowest BCUT2D eigenvalue weighted by Gasteiger charge is -2.30. The van der Waals surface area contributed by atoms with Crippen molar-refractivity contribution in [3.05, 3.63) is 29.4 Å². The van der Waals surface area contributed by atoms with Crippen LogP contribution in [0.1, 0.15) is 61.4 Å². The summed E-state index contributed by atoms with van der Waals surface area (Å²) in [7, 11) is 1.98. The highest BCUT2D eigenvalue weighted by Gasteiger charge is 2.36. The van der Waals surface area contributed by atoms with Gasteiger partial charge in [-0.3, -0.25) is 4.90 Å². The van der Waals surface area contributed by atoms with Crippen LogP contribution in [-0.4, -0.2) is 38.2 Å². The van der Waals surface area contributed by atoms with Crippen LogP contribution in [0.3, 0.4) is 0 Å². The third kappa shape index (κ3) is 3.49. The number of imidazole rings is 1. The van der Waals surface area contributed by atoms with Crippen molar-refractivity contribution in [2.75, 3.05) is 13.6 Å². The van der Waals surface area contributed by atoms with Gasteiger partial charge in [-0.2, -0.15) is 18.2 Å². The maximum absolute atomic E-state index is 12.8. The monoisotopic (exact) mass is 369 g/mol. The van der Waals surface area contributed by atoms with Gasteiger partial charge in [-0.25, -0.2) is 4.98 Å². The highest BCUT2D eigenvalue weighted by molar-refractivity contribution is 5.10. The molecule has 1 aliphatic heterocycles. The van der Waals surface area contributed by atoms with E-state index in [1.807, 2.05) is 14.0 Å². The average Bonchev–Trinajstić information content (AvgIpc) is 3.15. The molecule has 26 heavy (non-hydrogen) atoms. The largest absolute Gasteiger partial charge is 0.434 e. The molecule has 2 aromatic rings. The summed E-state index contributed by atoms with van der Waals surface area (Å²) in [6, 6.07) is -0.0232. The smallest absolute Gasteiger partial charge is 0.338 e. The van der Waals surface area contributed by atoms with E-state index >= 15 is 0 Å². The molecule has 2 atom stereocenters. The Morgan fingerprint density at radius 2 is 2.08 bits per heavy atom. The predicted octanol–water partition coefficient (Wildman–Crippen LogP) is 3.42. The summed E-state index contributed by atoms with van der Waals surface area (Å²) >= 11 is 0. The molecule has 1 fully saturated rings. The molecular weight excluding hydrogens is 347 g/mol. The number of halogens is 3. The lowest BCUT2D eigenvalue weighted by Crippen LogP contribution is -2.33. The minimum absolute atomic E-state index is 0.0232. The van der Waals surface area contributed by atoms with Gasteiger partial charge in [0.25, 0.3) is 0 Å². The van der Waals surface area contributed by atoms with E-state index in [-0.39, 0.29) is 12.0 Å². The fraction of sp³-hybridized carbons (Fsp3) is 0.706. The van der Waals surface area contributed by atoms with Gasteiger partial charge in [0.05, 0.1) is 6.04 Å². The lowest BCUT2D eigenvalue weighted by atomic mass is 9.98. The van der Waals surface area contributed by atoms with E-state index in [4.69, 9.17) is 4.52 Å². The van der Waals surface area contributed by atoms with Crippen molar-refractivity contribution in [2.45, 2.75) is 57.3 Å². The van der Waals surface area contributed by atoms with Crippen molar-refractivity contribution in [1.82, 2.24) is 24.6 Å². The lowest BCUT2D eigenvalue weighted by molar-refractivity contribution is -0.141. The molecule has 0 bridgehead atoms. The third-order valence-electron chi connectivity index (χ3n) is 5.35. The van der Waals surface area contributed by atoms with E-state index in [1.165, 1.54) is 0 Å². The Morgan fingerprint density at radius 3 is 2.77 bits per heavy atom. The van der Waals surface area contributed by atoms with Gasteiger partial charge in [0, 0.05) is 31.6 Å². The summed E-state index contributed by atoms with van der Waals surface area (Å²) in [6.07, 6.45) is 0.377. The molecule has 4 rings (SSSR count). The molecular formula is C17H22F3N5O. The zero-order valence-corrected chi connectivity index (χ0v) is 14.8. The van der Waals surface area contributed by atoms with Crippen LogP contribution in [0.25, 0.3) is 0 Å². The van der Waals surface area contributed by atoms with Crippen LogP contribution in [0, 0.1) is 5.92 Å². The molecule has 0 saturated heterocycles. The van der Waals surface area contributed by atoms with Crippen molar-refractivity contribution in [3.63, 3.8) is 0 Å². The second-order valence-corrected chi connectivity index (χ2v) is 7.48. The van der Waals surface area contributed by atoms with Gasteiger partial charge in [0.15, 0.2) is 11.5 Å². The Morgan fingerprint density at radius 1 is 1.31 bits per heavy atom. The van der Waals surface area contributed by atoms with E-state index in [0.29, 0.717) is 30.6 Å². The molecule has 1 saturated carbocycles. The van der Waals surface area contributed by atoms with Crippen LogP contribution in [0.15, 0.2) is 10.7 Å². The number of nitrogens with zero attached hydrogens (tertiary/aromatic N) is 5. The fourth-order valence-electron chi connectivity index (χ4n) is 3.48. The van der Waals surface area contributed by atoms with Crippen molar-refractivity contribution < 1.29 is 17.7 Å². The molecule has 9 heteroatoms. The molecule has 0 N–H and O–H groups in total. The van der Waals surface area contributed by atoms with Crippen LogP contribution in [-0.2, 0) is 19.1 Å². The predicted molar refractivity (Wildman–Crippen MR) is 86.4 cm³/mol. The molecule has 0 unspecified atom stereocenters. The first-order chi connectivity index (χ1) is 12.3. The average molecular weight is 369 g/mol. The second-order valence-electron chi connectivity index (χ2n) is 7.48. The van der Waals surface area contributed by atoms with E-state index in [2.05, 4.69) is 20.0 Å². The quantitative estimate of drug-likeness (QED) is 0.808. The van der Waals surface area contributed by atoms with Gasteiger partial charge < -0.3 is 9.09 Å². The van der Waals surface area contributed by atoms with Crippen molar-refractivity contribution >= 4 is 0 Å². The first-order valence-corrected chi connectivity index (χ1v) is 8.98. The highest BCUT2D eigenvalue weighted by atomic mass is 19.4. The number of hydrogen-bond donors (Lipinski definition) is 0. The molecule has 0 aromatic carbocycles. The molecule has 142 valence electrons. The number of aryl methyl sites for hydroxylation is 1. The minimum atomic E-state index is -4.39. The number of rotatable bonds is 5. The van der Waals surface area contributed by atoms with Crippen LogP contribution in [0.5, 0.6) is 0 Å². The van der Waals surface area contributed by atoms with Gasteiger partial charge in [-0.15, -0.1) is 0 Å². The molecule has 3 heterocycles. The number of alkyl halides is 3. The summed E-state index contributed by atoms with van der Waals surface area (Å²) in [5.41, 5.74) is -0.798.